The number of anilines is 2. The van der Waals surface area contributed by atoms with Crippen LogP contribution in [0, 0.1) is 11.8 Å². The first-order valence-electron chi connectivity index (χ1n) is 16.4. The molecule has 3 aliphatic heterocycles. The zero-order valence-electron chi connectivity index (χ0n) is 27.3. The molecule has 0 aliphatic carbocycles. The highest BCUT2D eigenvalue weighted by atomic mass is 16.2. The number of nitrogens with zero attached hydrogens (tertiary/aromatic N) is 3. The van der Waals surface area contributed by atoms with E-state index in [0.717, 1.165) is 26.5 Å². The molecule has 0 saturated heterocycles. The van der Waals surface area contributed by atoms with Crippen molar-refractivity contribution in [2.45, 2.75) is 19.8 Å². The molecule has 5 aromatic carbocycles. The Bertz CT molecular complexity index is 2460. The summed E-state index contributed by atoms with van der Waals surface area (Å²) in [4.78, 5) is 83.2. The number of rotatable bonds is 6. The van der Waals surface area contributed by atoms with Crippen molar-refractivity contribution in [1.29, 1.82) is 0 Å². The van der Waals surface area contributed by atoms with E-state index < -0.39 is 23.6 Å². The first-order valence-corrected chi connectivity index (χ1v) is 16.4. The molecule has 9 nitrogen and oxygen atoms in total. The van der Waals surface area contributed by atoms with Crippen molar-refractivity contribution in [3.8, 4) is 11.8 Å². The van der Waals surface area contributed by atoms with E-state index in [1.54, 1.807) is 72.8 Å². The van der Waals surface area contributed by atoms with E-state index in [1.165, 1.54) is 11.0 Å². The lowest BCUT2D eigenvalue weighted by molar-refractivity contribution is 0.0652. The Kier molecular flexibility index (Phi) is 7.50. The molecule has 8 rings (SSSR count). The average Bonchev–Trinajstić information content (AvgIpc) is 3.65. The molecular formula is C42H27N3O6. The van der Waals surface area contributed by atoms with Gasteiger partial charge in [-0.25, -0.2) is 9.80 Å². The highest BCUT2D eigenvalue weighted by Crippen LogP contribution is 2.35. The van der Waals surface area contributed by atoms with Gasteiger partial charge in [0.1, 0.15) is 0 Å². The van der Waals surface area contributed by atoms with E-state index in [1.807, 2.05) is 37.3 Å². The molecule has 0 unspecified atom stereocenters. The van der Waals surface area contributed by atoms with Crippen molar-refractivity contribution in [3.63, 3.8) is 0 Å². The third-order valence-corrected chi connectivity index (χ3v) is 9.20. The number of fused-ring (bicyclic) bond motifs is 3. The van der Waals surface area contributed by atoms with Gasteiger partial charge in [-0.2, -0.15) is 0 Å². The van der Waals surface area contributed by atoms with Crippen LogP contribution in [0.4, 0.5) is 11.4 Å². The van der Waals surface area contributed by atoms with Gasteiger partial charge in [0.25, 0.3) is 35.4 Å². The molecule has 0 atom stereocenters. The van der Waals surface area contributed by atoms with Gasteiger partial charge in [-0.3, -0.25) is 33.7 Å². The molecule has 3 heterocycles. The highest BCUT2D eigenvalue weighted by Gasteiger charge is 2.40. The molecule has 6 amide bonds. The second-order valence-electron chi connectivity index (χ2n) is 12.5. The largest absolute Gasteiger partial charge is 0.274 e. The standard InChI is InChI=1S/C42H27N3O6/c1-2-19-43-37(46)31-17-14-27(22-34(31)38(43)47)20-28-15-18-33-36(23-28)42(51)45(40(33)49)30-10-6-9-29(24-30)44-39(48)32-16-13-26(21-35(32)41(44)50)12-11-25-7-4-3-5-8-25/h3-10,13-18,21-24H,2,19-20H2,1H3. The van der Waals surface area contributed by atoms with Crippen LogP contribution in [0.15, 0.2) is 109 Å². The van der Waals surface area contributed by atoms with Crippen molar-refractivity contribution in [3.05, 3.63) is 165 Å². The summed E-state index contributed by atoms with van der Waals surface area (Å²) in [6, 6.07) is 30.7. The number of carbonyl (C=O) groups excluding carboxylic acids is 6. The van der Waals surface area contributed by atoms with Crippen LogP contribution < -0.4 is 9.80 Å². The molecule has 3 aliphatic rings. The summed E-state index contributed by atoms with van der Waals surface area (Å²) in [5.41, 5.74) is 4.99. The van der Waals surface area contributed by atoms with Crippen molar-refractivity contribution in [2.75, 3.05) is 16.3 Å². The maximum absolute atomic E-state index is 13.7. The fourth-order valence-corrected chi connectivity index (χ4v) is 6.73. The molecule has 0 spiro atoms. The normalized spacial score (nSPS) is 14.6. The van der Waals surface area contributed by atoms with Gasteiger partial charge in [0, 0.05) is 17.7 Å². The molecule has 51 heavy (non-hydrogen) atoms. The lowest BCUT2D eigenvalue weighted by Crippen LogP contribution is -2.31. The molecular weight excluding hydrogens is 642 g/mol. The first-order chi connectivity index (χ1) is 24.7. The van der Waals surface area contributed by atoms with Gasteiger partial charge in [0.2, 0.25) is 0 Å². The number of imide groups is 3. The first kappa shape index (κ1) is 31.4. The Balaban J connectivity index is 1.03. The summed E-state index contributed by atoms with van der Waals surface area (Å²) < 4.78 is 0. The summed E-state index contributed by atoms with van der Waals surface area (Å²) in [5, 5.41) is 0. The van der Waals surface area contributed by atoms with Gasteiger partial charge in [0.05, 0.1) is 44.8 Å². The van der Waals surface area contributed by atoms with Crippen molar-refractivity contribution in [2.24, 2.45) is 0 Å². The number of benzene rings is 5. The van der Waals surface area contributed by atoms with E-state index in [-0.39, 0.29) is 45.4 Å². The fraction of sp³-hybridized carbons (Fsp3) is 0.0952. The third-order valence-electron chi connectivity index (χ3n) is 9.20. The van der Waals surface area contributed by atoms with Gasteiger partial charge < -0.3 is 0 Å². The maximum Gasteiger partial charge on any atom is 0.266 e. The average molecular weight is 670 g/mol. The van der Waals surface area contributed by atoms with E-state index in [0.29, 0.717) is 36.1 Å². The van der Waals surface area contributed by atoms with E-state index in [4.69, 9.17) is 0 Å². The molecule has 9 heteroatoms. The highest BCUT2D eigenvalue weighted by molar-refractivity contribution is 6.36. The SMILES string of the molecule is CCCN1C(=O)c2ccc(Cc3ccc4c(c3)C(=O)N(c3cccc(N5C(=O)c6ccc(C#Cc7ccccc7)cc6C5=O)c3)C4=O)cc2C1=O. The fourth-order valence-electron chi connectivity index (χ4n) is 6.73. The Morgan fingerprint density at radius 2 is 0.941 bits per heavy atom. The number of hydrogen-bond acceptors (Lipinski definition) is 6. The van der Waals surface area contributed by atoms with E-state index in [9.17, 15) is 28.8 Å². The summed E-state index contributed by atoms with van der Waals surface area (Å²) >= 11 is 0. The van der Waals surface area contributed by atoms with Crippen LogP contribution in [0.25, 0.3) is 0 Å². The Hall–Kier alpha value is -6.92. The third kappa shape index (κ3) is 5.21. The van der Waals surface area contributed by atoms with Crippen LogP contribution in [-0.4, -0.2) is 46.9 Å². The smallest absolute Gasteiger partial charge is 0.266 e. The van der Waals surface area contributed by atoms with Gasteiger partial charge in [-0.05, 0) is 96.8 Å². The van der Waals surface area contributed by atoms with Crippen molar-refractivity contribution in [1.82, 2.24) is 4.90 Å². The van der Waals surface area contributed by atoms with Crippen LogP contribution in [0.1, 0.15) is 97.7 Å². The molecule has 0 aromatic heterocycles. The second kappa shape index (κ2) is 12.2. The molecule has 0 N–H and O–H groups in total. The molecule has 5 aromatic rings. The minimum atomic E-state index is -0.539. The minimum Gasteiger partial charge on any atom is -0.274 e. The van der Waals surface area contributed by atoms with Crippen LogP contribution in [0.5, 0.6) is 0 Å². The Morgan fingerprint density at radius 1 is 0.451 bits per heavy atom. The van der Waals surface area contributed by atoms with Crippen molar-refractivity contribution >= 4 is 46.8 Å². The predicted octanol–water partition coefficient (Wildman–Crippen LogP) is 6.28. The monoisotopic (exact) mass is 669 g/mol. The summed E-state index contributed by atoms with van der Waals surface area (Å²) in [5.74, 6) is 3.37. The Morgan fingerprint density at radius 3 is 1.55 bits per heavy atom. The quantitative estimate of drug-likeness (QED) is 0.155. The van der Waals surface area contributed by atoms with Crippen molar-refractivity contribution < 1.29 is 28.8 Å². The van der Waals surface area contributed by atoms with Crippen LogP contribution in [-0.2, 0) is 6.42 Å². The lowest BCUT2D eigenvalue weighted by Gasteiger charge is -2.18. The second-order valence-corrected chi connectivity index (χ2v) is 12.5. The van der Waals surface area contributed by atoms with E-state index in [2.05, 4.69) is 11.8 Å². The van der Waals surface area contributed by atoms with Gasteiger partial charge >= 0.3 is 0 Å². The van der Waals surface area contributed by atoms with E-state index >= 15 is 0 Å². The number of amides is 6. The topological polar surface area (TPSA) is 112 Å². The minimum absolute atomic E-state index is 0.213. The van der Waals surface area contributed by atoms with Crippen LogP contribution in [0.3, 0.4) is 0 Å². The van der Waals surface area contributed by atoms with Gasteiger partial charge in [-0.1, -0.05) is 55.2 Å². The van der Waals surface area contributed by atoms with Gasteiger partial charge in [-0.15, -0.1) is 0 Å². The summed E-state index contributed by atoms with van der Waals surface area (Å²) in [6.07, 6.45) is 1.03. The van der Waals surface area contributed by atoms with Crippen LogP contribution in [0.2, 0.25) is 0 Å². The zero-order valence-corrected chi connectivity index (χ0v) is 27.3. The van der Waals surface area contributed by atoms with Gasteiger partial charge in [0.15, 0.2) is 0 Å². The molecule has 0 saturated carbocycles. The number of carbonyl (C=O) groups is 6. The lowest BCUT2D eigenvalue weighted by atomic mass is 9.98. The molecule has 0 radical (unpaired) electrons. The predicted molar refractivity (Wildman–Crippen MR) is 189 cm³/mol. The molecule has 0 bridgehead atoms. The Labute approximate surface area is 292 Å². The number of hydrogen-bond donors (Lipinski definition) is 0. The summed E-state index contributed by atoms with van der Waals surface area (Å²) in [7, 11) is 0. The summed E-state index contributed by atoms with van der Waals surface area (Å²) in [6.45, 7) is 2.26. The zero-order chi connectivity index (χ0) is 35.4. The molecule has 0 fully saturated rings. The molecule has 246 valence electrons. The van der Waals surface area contributed by atoms with Crippen LogP contribution >= 0.6 is 0 Å². The maximum atomic E-state index is 13.7.